The predicted molar refractivity (Wildman–Crippen MR) is 104 cm³/mol. The van der Waals surface area contributed by atoms with Gasteiger partial charge in [-0.05, 0) is 51.3 Å². The van der Waals surface area contributed by atoms with E-state index in [2.05, 4.69) is 14.9 Å². The normalized spacial score (nSPS) is 16.3. The van der Waals surface area contributed by atoms with E-state index < -0.39 is 0 Å². The van der Waals surface area contributed by atoms with Gasteiger partial charge in [0.25, 0.3) is 0 Å². The van der Waals surface area contributed by atoms with Crippen LogP contribution in [0.5, 0.6) is 5.75 Å². The third kappa shape index (κ3) is 4.89. The topological polar surface area (TPSA) is 76.4 Å². The van der Waals surface area contributed by atoms with Gasteiger partial charge in [0.1, 0.15) is 11.6 Å². The Bertz CT molecular complexity index is 798. The fourth-order valence-electron chi connectivity index (χ4n) is 3.75. The van der Waals surface area contributed by atoms with E-state index in [4.69, 9.17) is 4.74 Å². The molecule has 1 unspecified atom stereocenters. The molecule has 0 bridgehead atoms. The van der Waals surface area contributed by atoms with Crippen LogP contribution in [0.25, 0.3) is 0 Å². The largest absolute Gasteiger partial charge is 0.491 e. The van der Waals surface area contributed by atoms with Crippen LogP contribution in [0.3, 0.4) is 0 Å². The number of ether oxygens (including phenoxy) is 1. The molecule has 1 amide bonds. The van der Waals surface area contributed by atoms with Gasteiger partial charge in [-0.25, -0.2) is 4.98 Å². The zero-order chi connectivity index (χ0) is 19.4. The van der Waals surface area contributed by atoms with Crippen LogP contribution in [0.4, 0.5) is 0 Å². The summed E-state index contributed by atoms with van der Waals surface area (Å²) in [5.41, 5.74) is 3.20. The van der Waals surface area contributed by atoms with E-state index in [1.165, 1.54) is 5.69 Å². The number of carbonyl (C=O) groups excluding carboxylic acids is 1. The van der Waals surface area contributed by atoms with Gasteiger partial charge in [-0.1, -0.05) is 12.1 Å². The van der Waals surface area contributed by atoms with Gasteiger partial charge in [0.2, 0.25) is 5.91 Å². The van der Waals surface area contributed by atoms with Crippen LogP contribution in [-0.4, -0.2) is 39.3 Å². The summed E-state index contributed by atoms with van der Waals surface area (Å²) in [5, 5.41) is 12.4. The summed E-state index contributed by atoms with van der Waals surface area (Å²) < 4.78 is 7.79. The highest BCUT2D eigenvalue weighted by Gasteiger charge is 2.25. The molecule has 1 atom stereocenters. The van der Waals surface area contributed by atoms with E-state index in [1.54, 1.807) is 0 Å². The first-order chi connectivity index (χ1) is 13.0. The minimum atomic E-state index is 0.0247. The van der Waals surface area contributed by atoms with E-state index in [-0.39, 0.29) is 24.7 Å². The molecule has 146 valence electrons. The minimum absolute atomic E-state index is 0.0247. The van der Waals surface area contributed by atoms with Crippen LogP contribution in [0.2, 0.25) is 0 Å². The van der Waals surface area contributed by atoms with E-state index in [0.717, 1.165) is 42.1 Å². The first-order valence-electron chi connectivity index (χ1n) is 9.67. The summed E-state index contributed by atoms with van der Waals surface area (Å²) in [5.74, 6) is 1.75. The first kappa shape index (κ1) is 19.4. The second-order valence-corrected chi connectivity index (χ2v) is 7.43. The van der Waals surface area contributed by atoms with Gasteiger partial charge in [0.05, 0.1) is 24.8 Å². The van der Waals surface area contributed by atoms with Gasteiger partial charge in [-0.3, -0.25) is 4.79 Å². The number of fused-ring (bicyclic) bond motifs is 1. The number of rotatable bonds is 7. The van der Waals surface area contributed by atoms with Crippen molar-refractivity contribution < 1.29 is 14.6 Å². The molecule has 6 nitrogen and oxygen atoms in total. The fraction of sp³-hybridized carbons (Fsp3) is 0.524. The Labute approximate surface area is 160 Å². The van der Waals surface area contributed by atoms with E-state index in [9.17, 15) is 9.90 Å². The number of carbonyl (C=O) groups is 1. The molecule has 0 saturated heterocycles. The molecule has 1 aliphatic rings. The standard InChI is InChI=1S/C21H29N3O3/c1-14(2)27-18-6-4-5-16(11-18)12-21(26)23-17-7-8-20-19(13-17)22-15(3)24(20)9-10-25/h4-6,11,14,17,25H,7-10,12-13H2,1-3H3,(H,23,26). The lowest BCUT2D eigenvalue weighted by Gasteiger charge is -2.24. The van der Waals surface area contributed by atoms with Crippen molar-refractivity contribution in [1.29, 1.82) is 0 Å². The molecule has 0 fully saturated rings. The van der Waals surface area contributed by atoms with E-state index in [0.29, 0.717) is 13.0 Å². The van der Waals surface area contributed by atoms with Crippen LogP contribution >= 0.6 is 0 Å². The maximum atomic E-state index is 12.5. The number of benzene rings is 1. The Morgan fingerprint density at radius 2 is 2.26 bits per heavy atom. The van der Waals surface area contributed by atoms with Gasteiger partial charge >= 0.3 is 0 Å². The number of aryl methyl sites for hydroxylation is 1. The molecule has 2 aromatic rings. The maximum absolute atomic E-state index is 12.5. The number of aromatic nitrogens is 2. The van der Waals surface area contributed by atoms with Crippen LogP contribution in [0.1, 0.15) is 43.0 Å². The summed E-state index contributed by atoms with van der Waals surface area (Å²) in [6.07, 6.45) is 2.97. The number of aliphatic hydroxyl groups excluding tert-OH is 1. The lowest BCUT2D eigenvalue weighted by molar-refractivity contribution is -0.121. The van der Waals surface area contributed by atoms with Crippen molar-refractivity contribution in [1.82, 2.24) is 14.9 Å². The highest BCUT2D eigenvalue weighted by molar-refractivity contribution is 5.79. The van der Waals surface area contributed by atoms with Crippen LogP contribution in [0, 0.1) is 6.92 Å². The molecule has 0 saturated carbocycles. The smallest absolute Gasteiger partial charge is 0.224 e. The SMILES string of the molecule is Cc1nc2c(n1CCO)CCC(NC(=O)Cc1cccc(OC(C)C)c1)C2. The van der Waals surface area contributed by atoms with Crippen molar-refractivity contribution in [2.24, 2.45) is 0 Å². The zero-order valence-electron chi connectivity index (χ0n) is 16.4. The fourth-order valence-corrected chi connectivity index (χ4v) is 3.75. The minimum Gasteiger partial charge on any atom is -0.491 e. The number of aliphatic hydroxyl groups is 1. The number of hydrogen-bond acceptors (Lipinski definition) is 4. The second kappa shape index (κ2) is 8.57. The van der Waals surface area contributed by atoms with Gasteiger partial charge in [0.15, 0.2) is 0 Å². The molecule has 0 spiro atoms. The maximum Gasteiger partial charge on any atom is 0.224 e. The van der Waals surface area contributed by atoms with Crippen molar-refractivity contribution in [3.63, 3.8) is 0 Å². The third-order valence-corrected chi connectivity index (χ3v) is 4.84. The van der Waals surface area contributed by atoms with Crippen LogP contribution in [-0.2, 0) is 30.6 Å². The average Bonchev–Trinajstić information content (AvgIpc) is 2.90. The van der Waals surface area contributed by atoms with Gasteiger partial charge < -0.3 is 19.7 Å². The number of nitrogens with one attached hydrogen (secondary N) is 1. The lowest BCUT2D eigenvalue weighted by Crippen LogP contribution is -2.40. The van der Waals surface area contributed by atoms with Crippen LogP contribution < -0.4 is 10.1 Å². The molecule has 3 rings (SSSR count). The highest BCUT2D eigenvalue weighted by Crippen LogP contribution is 2.23. The Morgan fingerprint density at radius 1 is 1.44 bits per heavy atom. The van der Waals surface area contributed by atoms with Crippen molar-refractivity contribution in [3.8, 4) is 5.75 Å². The number of imidazole rings is 1. The lowest BCUT2D eigenvalue weighted by atomic mass is 9.95. The van der Waals surface area contributed by atoms with Gasteiger partial charge in [0, 0.05) is 24.7 Å². The zero-order valence-corrected chi connectivity index (χ0v) is 16.4. The average molecular weight is 371 g/mol. The summed E-state index contributed by atoms with van der Waals surface area (Å²) in [6, 6.07) is 7.82. The highest BCUT2D eigenvalue weighted by atomic mass is 16.5. The number of nitrogens with zero attached hydrogens (tertiary/aromatic N) is 2. The van der Waals surface area contributed by atoms with Gasteiger partial charge in [-0.15, -0.1) is 0 Å². The predicted octanol–water partition coefficient (Wildman–Crippen LogP) is 2.19. The monoisotopic (exact) mass is 371 g/mol. The first-order valence-corrected chi connectivity index (χ1v) is 9.67. The Balaban J connectivity index is 1.59. The van der Waals surface area contributed by atoms with Crippen molar-refractivity contribution in [2.75, 3.05) is 6.61 Å². The molecule has 1 heterocycles. The molecule has 1 aliphatic carbocycles. The molecule has 1 aromatic heterocycles. The number of amides is 1. The molecule has 6 heteroatoms. The van der Waals surface area contributed by atoms with Crippen molar-refractivity contribution >= 4 is 5.91 Å². The Hall–Kier alpha value is -2.34. The van der Waals surface area contributed by atoms with E-state index in [1.807, 2.05) is 45.0 Å². The quantitative estimate of drug-likeness (QED) is 0.782. The summed E-state index contributed by atoms with van der Waals surface area (Å²) >= 11 is 0. The molecule has 27 heavy (non-hydrogen) atoms. The molecular weight excluding hydrogens is 342 g/mol. The third-order valence-electron chi connectivity index (χ3n) is 4.84. The summed E-state index contributed by atoms with van der Waals surface area (Å²) in [6.45, 7) is 6.64. The molecule has 0 aliphatic heterocycles. The Morgan fingerprint density at radius 3 is 3.00 bits per heavy atom. The molecular formula is C21H29N3O3. The second-order valence-electron chi connectivity index (χ2n) is 7.43. The van der Waals surface area contributed by atoms with Crippen molar-refractivity contribution in [2.45, 2.75) is 65.1 Å². The summed E-state index contributed by atoms with van der Waals surface area (Å²) in [4.78, 5) is 17.1. The van der Waals surface area contributed by atoms with Crippen LogP contribution in [0.15, 0.2) is 24.3 Å². The number of hydrogen-bond donors (Lipinski definition) is 2. The van der Waals surface area contributed by atoms with Crippen molar-refractivity contribution in [3.05, 3.63) is 47.0 Å². The Kier molecular flexibility index (Phi) is 6.16. The molecule has 2 N–H and O–H groups in total. The van der Waals surface area contributed by atoms with E-state index >= 15 is 0 Å². The molecule has 1 aromatic carbocycles. The summed E-state index contributed by atoms with van der Waals surface area (Å²) in [7, 11) is 0. The van der Waals surface area contributed by atoms with Gasteiger partial charge in [-0.2, -0.15) is 0 Å². The molecule has 0 radical (unpaired) electrons.